The molecule has 2 aromatic carbocycles. The molecule has 5 rings (SSSR count). The van der Waals surface area contributed by atoms with E-state index in [0.717, 1.165) is 41.2 Å². The molecule has 6 heteroatoms. The van der Waals surface area contributed by atoms with Crippen molar-refractivity contribution in [3.05, 3.63) is 70.4 Å². The maximum atomic E-state index is 11.7. The Morgan fingerprint density at radius 2 is 1.97 bits per heavy atom. The molecule has 176 valence electrons. The number of rotatable bonds is 6. The summed E-state index contributed by atoms with van der Waals surface area (Å²) in [5.74, 6) is 2.00. The Kier molecular flexibility index (Phi) is 5.90. The van der Waals surface area contributed by atoms with Crippen LogP contribution in [0.15, 0.2) is 42.5 Å². The summed E-state index contributed by atoms with van der Waals surface area (Å²) < 4.78 is 22.4. The van der Waals surface area contributed by atoms with Gasteiger partial charge in [0.05, 0.1) is 27.2 Å². The van der Waals surface area contributed by atoms with E-state index in [4.69, 9.17) is 18.9 Å². The van der Waals surface area contributed by atoms with Gasteiger partial charge in [0.25, 0.3) is 0 Å². The summed E-state index contributed by atoms with van der Waals surface area (Å²) in [6.45, 7) is 4.62. The normalized spacial score (nSPS) is 18.1. The molecule has 2 aliphatic rings. The lowest BCUT2D eigenvalue weighted by Gasteiger charge is -2.18. The predicted octanol–water partition coefficient (Wildman–Crippen LogP) is 5.48. The van der Waals surface area contributed by atoms with Crippen LogP contribution in [-0.4, -0.2) is 31.8 Å². The standard InChI is InChI=1S/C28H29NO5/c1-16-12-26(31-3)29-17(2)28(16)23-7-5-6-22-21(23)10-11-24(22)34-19-8-9-20-18(13-27(30)32-4)15-33-25(20)14-19/h5-9,12,14,18,24H,10-11,13,15H2,1-4H3. The largest absolute Gasteiger partial charge is 0.492 e. The number of hydrogen-bond acceptors (Lipinski definition) is 6. The molecule has 1 aromatic heterocycles. The maximum Gasteiger partial charge on any atom is 0.306 e. The van der Waals surface area contributed by atoms with E-state index >= 15 is 0 Å². The van der Waals surface area contributed by atoms with Crippen molar-refractivity contribution in [2.24, 2.45) is 0 Å². The lowest BCUT2D eigenvalue weighted by Crippen LogP contribution is -2.09. The van der Waals surface area contributed by atoms with Crippen LogP contribution in [0.3, 0.4) is 0 Å². The van der Waals surface area contributed by atoms with Crippen LogP contribution in [0.1, 0.15) is 52.8 Å². The van der Waals surface area contributed by atoms with Gasteiger partial charge in [-0.25, -0.2) is 4.98 Å². The van der Waals surface area contributed by atoms with Crippen molar-refractivity contribution in [1.82, 2.24) is 4.98 Å². The summed E-state index contributed by atoms with van der Waals surface area (Å²) in [5, 5.41) is 0. The van der Waals surface area contributed by atoms with E-state index in [0.29, 0.717) is 18.9 Å². The quantitative estimate of drug-likeness (QED) is 0.455. The first-order valence-electron chi connectivity index (χ1n) is 11.6. The molecule has 0 saturated heterocycles. The van der Waals surface area contributed by atoms with Gasteiger partial charge >= 0.3 is 5.97 Å². The second-order valence-electron chi connectivity index (χ2n) is 8.95. The molecule has 0 saturated carbocycles. The Bertz CT molecular complexity index is 1230. The molecule has 0 fully saturated rings. The fourth-order valence-corrected chi connectivity index (χ4v) is 5.23. The lowest BCUT2D eigenvalue weighted by atomic mass is 9.93. The number of carbonyl (C=O) groups excluding carboxylic acids is 1. The van der Waals surface area contributed by atoms with E-state index in [1.807, 2.05) is 31.2 Å². The number of aromatic nitrogens is 1. The predicted molar refractivity (Wildman–Crippen MR) is 129 cm³/mol. The average molecular weight is 460 g/mol. The number of benzene rings is 2. The van der Waals surface area contributed by atoms with Crippen LogP contribution in [0.2, 0.25) is 0 Å². The second-order valence-corrected chi connectivity index (χ2v) is 8.95. The third kappa shape index (κ3) is 3.98. The highest BCUT2D eigenvalue weighted by Gasteiger charge is 2.30. The number of fused-ring (bicyclic) bond motifs is 2. The zero-order valence-electron chi connectivity index (χ0n) is 20.0. The van der Waals surface area contributed by atoms with Crippen molar-refractivity contribution in [3.8, 4) is 28.5 Å². The molecular formula is C28H29NO5. The molecule has 2 atom stereocenters. The van der Waals surface area contributed by atoms with E-state index in [-0.39, 0.29) is 18.0 Å². The monoisotopic (exact) mass is 459 g/mol. The molecule has 3 aromatic rings. The number of hydrogen-bond donors (Lipinski definition) is 0. The minimum atomic E-state index is -0.224. The zero-order chi connectivity index (χ0) is 23.8. The Morgan fingerprint density at radius 3 is 2.74 bits per heavy atom. The average Bonchev–Trinajstić information content (AvgIpc) is 3.43. The summed E-state index contributed by atoms with van der Waals surface area (Å²) >= 11 is 0. The van der Waals surface area contributed by atoms with Gasteiger partial charge in [0.15, 0.2) is 0 Å². The fraction of sp³-hybridized carbons (Fsp3) is 0.357. The second kappa shape index (κ2) is 9.01. The smallest absolute Gasteiger partial charge is 0.306 e. The van der Waals surface area contributed by atoms with Gasteiger partial charge in [-0.3, -0.25) is 4.79 Å². The highest BCUT2D eigenvalue weighted by atomic mass is 16.5. The first kappa shape index (κ1) is 22.3. The number of carbonyl (C=O) groups is 1. The summed E-state index contributed by atoms with van der Waals surface area (Å²) in [7, 11) is 3.06. The van der Waals surface area contributed by atoms with Crippen LogP contribution >= 0.6 is 0 Å². The number of aryl methyl sites for hydroxylation is 2. The summed E-state index contributed by atoms with van der Waals surface area (Å²) in [6, 6.07) is 14.3. The molecule has 0 amide bonds. The van der Waals surface area contributed by atoms with E-state index in [2.05, 4.69) is 30.1 Å². The van der Waals surface area contributed by atoms with Gasteiger partial charge in [-0.05, 0) is 55.0 Å². The SMILES string of the molecule is COC(=O)CC1COc2cc(OC3CCc4c(-c5c(C)cc(OC)nc5C)cccc43)ccc21. The Labute approximate surface area is 199 Å². The molecule has 2 unspecified atom stereocenters. The molecular weight excluding hydrogens is 430 g/mol. The third-order valence-electron chi connectivity index (χ3n) is 6.85. The van der Waals surface area contributed by atoms with Crippen LogP contribution in [0.25, 0.3) is 11.1 Å². The Hall–Kier alpha value is -3.54. The molecule has 0 radical (unpaired) electrons. The highest BCUT2D eigenvalue weighted by molar-refractivity contribution is 5.75. The number of methoxy groups -OCH3 is 2. The van der Waals surface area contributed by atoms with E-state index in [1.54, 1.807) is 7.11 Å². The van der Waals surface area contributed by atoms with E-state index < -0.39 is 0 Å². The Morgan fingerprint density at radius 1 is 1.12 bits per heavy atom. The van der Waals surface area contributed by atoms with Gasteiger partial charge in [0.1, 0.15) is 17.6 Å². The first-order valence-corrected chi connectivity index (χ1v) is 11.6. The Balaban J connectivity index is 1.40. The van der Waals surface area contributed by atoms with Crippen molar-refractivity contribution in [3.63, 3.8) is 0 Å². The van der Waals surface area contributed by atoms with Gasteiger partial charge in [-0.2, -0.15) is 0 Å². The van der Waals surface area contributed by atoms with E-state index in [1.165, 1.54) is 29.4 Å². The number of pyridine rings is 1. The molecule has 34 heavy (non-hydrogen) atoms. The molecule has 1 aliphatic heterocycles. The number of esters is 1. The van der Waals surface area contributed by atoms with Crippen LogP contribution in [0, 0.1) is 13.8 Å². The van der Waals surface area contributed by atoms with Crippen molar-refractivity contribution < 1.29 is 23.7 Å². The van der Waals surface area contributed by atoms with Gasteiger partial charge in [-0.15, -0.1) is 0 Å². The minimum Gasteiger partial charge on any atom is -0.492 e. The van der Waals surface area contributed by atoms with Crippen molar-refractivity contribution in [1.29, 1.82) is 0 Å². The molecule has 0 bridgehead atoms. The molecule has 2 heterocycles. The lowest BCUT2D eigenvalue weighted by molar-refractivity contribution is -0.141. The summed E-state index contributed by atoms with van der Waals surface area (Å²) in [6.07, 6.45) is 2.16. The fourth-order valence-electron chi connectivity index (χ4n) is 5.23. The van der Waals surface area contributed by atoms with Crippen molar-refractivity contribution in [2.75, 3.05) is 20.8 Å². The van der Waals surface area contributed by atoms with Crippen LogP contribution in [0.4, 0.5) is 0 Å². The molecule has 6 nitrogen and oxygen atoms in total. The van der Waals surface area contributed by atoms with Gasteiger partial charge in [0.2, 0.25) is 5.88 Å². The van der Waals surface area contributed by atoms with Crippen molar-refractivity contribution >= 4 is 5.97 Å². The first-order chi connectivity index (χ1) is 16.5. The van der Waals surface area contributed by atoms with Gasteiger partial charge in [0, 0.05) is 34.9 Å². The topological polar surface area (TPSA) is 66.9 Å². The summed E-state index contributed by atoms with van der Waals surface area (Å²) in [5.41, 5.74) is 8.08. The van der Waals surface area contributed by atoms with Crippen LogP contribution in [0.5, 0.6) is 17.4 Å². The summed E-state index contributed by atoms with van der Waals surface area (Å²) in [4.78, 5) is 16.3. The van der Waals surface area contributed by atoms with Gasteiger partial charge in [-0.1, -0.05) is 24.3 Å². The van der Waals surface area contributed by atoms with Crippen LogP contribution in [-0.2, 0) is 16.0 Å². The number of ether oxygens (including phenoxy) is 4. The minimum absolute atomic E-state index is 0.0212. The van der Waals surface area contributed by atoms with Crippen molar-refractivity contribution in [2.45, 2.75) is 45.1 Å². The maximum absolute atomic E-state index is 11.7. The van der Waals surface area contributed by atoms with Crippen LogP contribution < -0.4 is 14.2 Å². The molecule has 0 spiro atoms. The zero-order valence-corrected chi connectivity index (χ0v) is 20.0. The van der Waals surface area contributed by atoms with E-state index in [9.17, 15) is 4.79 Å². The third-order valence-corrected chi connectivity index (χ3v) is 6.85. The molecule has 1 aliphatic carbocycles. The number of nitrogens with zero attached hydrogens (tertiary/aromatic N) is 1. The highest BCUT2D eigenvalue weighted by Crippen LogP contribution is 2.44. The molecule has 0 N–H and O–H groups in total. The van der Waals surface area contributed by atoms with Gasteiger partial charge < -0.3 is 18.9 Å².